The van der Waals surface area contributed by atoms with Crippen molar-refractivity contribution in [1.82, 2.24) is 0 Å². The zero-order chi connectivity index (χ0) is 7.28. The topological polar surface area (TPSA) is 33.1 Å². The van der Waals surface area contributed by atoms with Gasteiger partial charge in [0, 0.05) is 5.92 Å². The number of hydrogen-bond acceptors (Lipinski definition) is 3. The Morgan fingerprint density at radius 1 is 1.70 bits per heavy atom. The van der Waals surface area contributed by atoms with E-state index in [0.29, 0.717) is 5.90 Å². The first-order chi connectivity index (χ1) is 4.22. The number of nitrogens with one attached hydrogen (secondary N) is 1. The molecule has 0 amide bonds. The van der Waals surface area contributed by atoms with E-state index in [2.05, 4.69) is 12.6 Å². The van der Waals surface area contributed by atoms with Crippen molar-refractivity contribution < 1.29 is 4.74 Å². The molecule has 2 nitrogen and oxygen atoms in total. The molecule has 0 aromatic carbocycles. The van der Waals surface area contributed by atoms with Gasteiger partial charge in [-0.3, -0.25) is 5.41 Å². The van der Waals surface area contributed by atoms with Crippen molar-refractivity contribution in [3.8, 4) is 0 Å². The molecule has 4 heteroatoms. The summed E-state index contributed by atoms with van der Waals surface area (Å²) in [5, 5.41) is 7.19. The Hall–Kier alpha value is 0.110. The molecule has 1 unspecified atom stereocenters. The highest BCUT2D eigenvalue weighted by molar-refractivity contribution is 7.80. The highest BCUT2D eigenvalue weighted by atomic mass is 35.5. The van der Waals surface area contributed by atoms with E-state index in [4.69, 9.17) is 10.1 Å². The highest BCUT2D eigenvalue weighted by Gasteiger charge is 2.06. The Labute approximate surface area is 73.7 Å². The summed E-state index contributed by atoms with van der Waals surface area (Å²) in [7, 11) is 1.53. The lowest BCUT2D eigenvalue weighted by atomic mass is 10.1. The second-order valence-electron chi connectivity index (χ2n) is 1.98. The number of ether oxygens (including phenoxy) is 1. The minimum Gasteiger partial charge on any atom is -0.484 e. The van der Waals surface area contributed by atoms with Crippen LogP contribution < -0.4 is 0 Å². The number of rotatable bonds is 3. The largest absolute Gasteiger partial charge is 0.484 e. The van der Waals surface area contributed by atoms with Gasteiger partial charge in [0.25, 0.3) is 0 Å². The summed E-state index contributed by atoms with van der Waals surface area (Å²) in [5.74, 6) is 1.38. The average molecular weight is 184 g/mol. The van der Waals surface area contributed by atoms with Crippen LogP contribution in [0.25, 0.3) is 0 Å². The molecule has 0 aromatic heterocycles. The van der Waals surface area contributed by atoms with Crippen LogP contribution in [-0.4, -0.2) is 18.8 Å². The van der Waals surface area contributed by atoms with Crippen LogP contribution >= 0.6 is 25.0 Å². The molecule has 0 aliphatic heterocycles. The van der Waals surface area contributed by atoms with Crippen molar-refractivity contribution >= 4 is 30.9 Å². The van der Waals surface area contributed by atoms with Crippen LogP contribution in [0.4, 0.5) is 0 Å². The van der Waals surface area contributed by atoms with Crippen molar-refractivity contribution in [2.45, 2.75) is 13.3 Å². The third-order valence-corrected chi connectivity index (χ3v) is 1.49. The summed E-state index contributed by atoms with van der Waals surface area (Å²) >= 11 is 4.04. The van der Waals surface area contributed by atoms with Gasteiger partial charge in [0.2, 0.25) is 0 Å². The molecule has 10 heavy (non-hydrogen) atoms. The summed E-state index contributed by atoms with van der Waals surface area (Å²) < 4.78 is 4.71. The van der Waals surface area contributed by atoms with Gasteiger partial charge in [-0.1, -0.05) is 6.92 Å². The molecule has 0 rings (SSSR count). The smallest absolute Gasteiger partial charge is 0.182 e. The van der Waals surface area contributed by atoms with Crippen LogP contribution in [0.15, 0.2) is 0 Å². The zero-order valence-corrected chi connectivity index (χ0v) is 7.97. The van der Waals surface area contributed by atoms with Crippen molar-refractivity contribution in [3.63, 3.8) is 0 Å². The average Bonchev–Trinajstić information content (AvgIpc) is 1.87. The minimum atomic E-state index is 0. The van der Waals surface area contributed by atoms with Gasteiger partial charge >= 0.3 is 0 Å². The quantitative estimate of drug-likeness (QED) is 0.392. The van der Waals surface area contributed by atoms with Crippen molar-refractivity contribution in [1.29, 1.82) is 5.41 Å². The predicted molar refractivity (Wildman–Crippen MR) is 49.6 cm³/mol. The number of hydrogen-bond donors (Lipinski definition) is 2. The van der Waals surface area contributed by atoms with Crippen molar-refractivity contribution in [2.24, 2.45) is 5.92 Å². The molecule has 0 heterocycles. The molecular formula is C6H14ClNOS. The summed E-state index contributed by atoms with van der Waals surface area (Å²) in [5.41, 5.74) is 0. The first-order valence-corrected chi connectivity index (χ1v) is 3.59. The Bertz CT molecular complexity index is 99.7. The normalized spacial score (nSPS) is 11.5. The van der Waals surface area contributed by atoms with Gasteiger partial charge in [-0.2, -0.15) is 12.6 Å². The Morgan fingerprint density at radius 2 is 2.20 bits per heavy atom. The predicted octanol–water partition coefficient (Wildman–Crippen LogP) is 1.99. The summed E-state index contributed by atoms with van der Waals surface area (Å²) in [4.78, 5) is 0. The van der Waals surface area contributed by atoms with Crippen molar-refractivity contribution in [3.05, 3.63) is 0 Å². The monoisotopic (exact) mass is 183 g/mol. The molecule has 0 saturated heterocycles. The second kappa shape index (κ2) is 7.22. The van der Waals surface area contributed by atoms with E-state index in [9.17, 15) is 0 Å². The summed E-state index contributed by atoms with van der Waals surface area (Å²) in [6, 6.07) is 0. The van der Waals surface area contributed by atoms with E-state index in [1.807, 2.05) is 6.92 Å². The van der Waals surface area contributed by atoms with Gasteiger partial charge in [0.05, 0.1) is 7.11 Å². The van der Waals surface area contributed by atoms with Gasteiger partial charge in [-0.05, 0) is 12.2 Å². The molecule has 1 atom stereocenters. The lowest BCUT2D eigenvalue weighted by molar-refractivity contribution is 0.364. The highest BCUT2D eigenvalue weighted by Crippen LogP contribution is 2.04. The van der Waals surface area contributed by atoms with E-state index in [0.717, 1.165) is 12.2 Å². The molecule has 0 spiro atoms. The fourth-order valence-electron chi connectivity index (χ4n) is 0.526. The standard InChI is InChI=1S/C6H13NOS.ClH/c1-5(3-4-9)6(7)8-2;/h5,7,9H,3-4H2,1-2H3;1H. The Balaban J connectivity index is 0. The molecule has 0 aliphatic rings. The molecule has 0 radical (unpaired) electrons. The molecule has 0 bridgehead atoms. The maximum absolute atomic E-state index is 7.19. The number of methoxy groups -OCH3 is 1. The molecule has 0 saturated carbocycles. The molecule has 0 aliphatic carbocycles. The van der Waals surface area contributed by atoms with Crippen molar-refractivity contribution in [2.75, 3.05) is 12.9 Å². The van der Waals surface area contributed by atoms with Crippen LogP contribution in [0.3, 0.4) is 0 Å². The molecule has 62 valence electrons. The number of thiol groups is 1. The zero-order valence-electron chi connectivity index (χ0n) is 6.26. The van der Waals surface area contributed by atoms with Crippen LogP contribution in [0, 0.1) is 11.3 Å². The molecule has 0 fully saturated rings. The van der Waals surface area contributed by atoms with Gasteiger partial charge in [0.15, 0.2) is 5.90 Å². The van der Waals surface area contributed by atoms with Crippen LogP contribution in [0.1, 0.15) is 13.3 Å². The first kappa shape index (κ1) is 12.8. The van der Waals surface area contributed by atoms with E-state index in [-0.39, 0.29) is 18.3 Å². The fourth-order valence-corrected chi connectivity index (χ4v) is 0.913. The lowest BCUT2D eigenvalue weighted by Crippen LogP contribution is -2.11. The molecule has 1 N–H and O–H groups in total. The minimum absolute atomic E-state index is 0. The van der Waals surface area contributed by atoms with E-state index in [1.54, 1.807) is 0 Å². The lowest BCUT2D eigenvalue weighted by Gasteiger charge is -2.08. The third kappa shape index (κ3) is 4.94. The maximum atomic E-state index is 7.19. The van der Waals surface area contributed by atoms with Gasteiger partial charge in [-0.25, -0.2) is 0 Å². The van der Waals surface area contributed by atoms with E-state index in [1.165, 1.54) is 7.11 Å². The fraction of sp³-hybridized carbons (Fsp3) is 0.833. The van der Waals surface area contributed by atoms with Gasteiger partial charge in [0.1, 0.15) is 0 Å². The first-order valence-electron chi connectivity index (χ1n) is 2.95. The van der Waals surface area contributed by atoms with Crippen LogP contribution in [0.2, 0.25) is 0 Å². The van der Waals surface area contributed by atoms with E-state index < -0.39 is 0 Å². The van der Waals surface area contributed by atoms with Crippen LogP contribution in [-0.2, 0) is 4.74 Å². The van der Waals surface area contributed by atoms with Gasteiger partial charge < -0.3 is 4.74 Å². The SMILES string of the molecule is COC(=N)C(C)CCS.Cl. The Kier molecular flexibility index (Phi) is 9.21. The molecule has 0 aromatic rings. The third-order valence-electron chi connectivity index (χ3n) is 1.23. The second-order valence-corrected chi connectivity index (χ2v) is 2.43. The van der Waals surface area contributed by atoms with E-state index >= 15 is 0 Å². The van der Waals surface area contributed by atoms with Crippen LogP contribution in [0.5, 0.6) is 0 Å². The molecular weight excluding hydrogens is 170 g/mol. The Morgan fingerprint density at radius 3 is 2.50 bits per heavy atom. The maximum Gasteiger partial charge on any atom is 0.182 e. The van der Waals surface area contributed by atoms with Gasteiger partial charge in [-0.15, -0.1) is 12.4 Å². The summed E-state index contributed by atoms with van der Waals surface area (Å²) in [6.45, 7) is 1.96. The number of halogens is 1. The summed E-state index contributed by atoms with van der Waals surface area (Å²) in [6.07, 6.45) is 0.912.